The smallest absolute Gasteiger partial charge is 0.232 e. The largest absolute Gasteiger partial charge is 1.00 e. The molecule has 9 heavy (non-hydrogen) atoms. The molecule has 52 valence electrons. The molecule has 0 fully saturated rings. The van der Waals surface area contributed by atoms with Gasteiger partial charge in [0.2, 0.25) is 5.01 Å². The summed E-state index contributed by atoms with van der Waals surface area (Å²) in [6.07, 6.45) is 0. The zero-order valence-electron chi connectivity index (χ0n) is 5.79. The van der Waals surface area contributed by atoms with E-state index in [1.807, 2.05) is 11.3 Å². The van der Waals surface area contributed by atoms with Gasteiger partial charge in [-0.2, -0.15) is 0 Å². The van der Waals surface area contributed by atoms with Crippen LogP contribution in [0.5, 0.6) is 0 Å². The predicted molar refractivity (Wildman–Crippen MR) is 35.1 cm³/mol. The zero-order chi connectivity index (χ0) is 6.15. The van der Waals surface area contributed by atoms with Crippen molar-refractivity contribution in [1.29, 1.82) is 0 Å². The number of nitrogens with one attached hydrogen (secondary N) is 1. The minimum Gasteiger partial charge on any atom is -1.00 e. The monoisotopic (exact) mass is 255 g/mol. The Kier molecular flexibility index (Phi) is 3.65. The highest BCUT2D eigenvalue weighted by molar-refractivity contribution is 7.11. The Bertz CT molecular complexity index is 175. The molecule has 0 aliphatic heterocycles. The molecule has 0 saturated carbocycles. The average molecular weight is 255 g/mol. The highest BCUT2D eigenvalue weighted by atomic mass is 127. The van der Waals surface area contributed by atoms with E-state index in [1.165, 1.54) is 15.6 Å². The van der Waals surface area contributed by atoms with E-state index >= 15 is 0 Å². The lowest BCUT2D eigenvalue weighted by Crippen LogP contribution is -3.00. The van der Waals surface area contributed by atoms with Crippen LogP contribution in [0.2, 0.25) is 0 Å². The Balaban J connectivity index is 0.000000640. The summed E-state index contributed by atoms with van der Waals surface area (Å²) < 4.78 is 0. The first-order valence-corrected chi connectivity index (χ1v) is 3.47. The number of thiazole rings is 1. The van der Waals surface area contributed by atoms with Gasteiger partial charge in [0.15, 0.2) is 5.69 Å². The molecule has 0 aliphatic rings. The van der Waals surface area contributed by atoms with Crippen molar-refractivity contribution in [1.82, 2.24) is 0 Å². The van der Waals surface area contributed by atoms with Crippen LogP contribution in [-0.2, 0) is 0 Å². The number of H-pyrrole nitrogens is 1. The highest BCUT2D eigenvalue weighted by Crippen LogP contribution is 2.09. The van der Waals surface area contributed by atoms with Gasteiger partial charge in [0.1, 0.15) is 0 Å². The van der Waals surface area contributed by atoms with Crippen molar-refractivity contribution < 1.29 is 29.0 Å². The SMILES string of the molecule is Cc1[nH+]c(C)c(C)s1.[I-]. The van der Waals surface area contributed by atoms with E-state index in [0.717, 1.165) is 0 Å². The van der Waals surface area contributed by atoms with Crippen LogP contribution in [0.15, 0.2) is 0 Å². The molecule has 0 unspecified atom stereocenters. The molecule has 0 spiro atoms. The summed E-state index contributed by atoms with van der Waals surface area (Å²) in [5.41, 5.74) is 1.30. The summed E-state index contributed by atoms with van der Waals surface area (Å²) in [6.45, 7) is 6.31. The number of aromatic nitrogens is 1. The third kappa shape index (κ3) is 2.21. The summed E-state index contributed by atoms with van der Waals surface area (Å²) in [7, 11) is 0. The summed E-state index contributed by atoms with van der Waals surface area (Å²) in [5, 5.41) is 1.29. The third-order valence-corrected chi connectivity index (χ3v) is 2.22. The van der Waals surface area contributed by atoms with Crippen LogP contribution in [-0.4, -0.2) is 0 Å². The minimum absolute atomic E-state index is 0. The summed E-state index contributed by atoms with van der Waals surface area (Å²) >= 11 is 1.81. The van der Waals surface area contributed by atoms with E-state index in [9.17, 15) is 0 Å². The van der Waals surface area contributed by atoms with Crippen LogP contribution >= 0.6 is 11.3 Å². The molecule has 3 heteroatoms. The van der Waals surface area contributed by atoms with Gasteiger partial charge in [-0.05, 0) is 6.92 Å². The second kappa shape index (κ2) is 3.51. The standard InChI is InChI=1S/C6H9NS.HI/c1-4-5(2)8-6(3)7-4;/h1-3H3;1H. The summed E-state index contributed by atoms with van der Waals surface area (Å²) in [6, 6.07) is 0. The molecule has 0 radical (unpaired) electrons. The van der Waals surface area contributed by atoms with Gasteiger partial charge in [-0.25, -0.2) is 4.98 Å². The maximum Gasteiger partial charge on any atom is 0.232 e. The fourth-order valence-corrected chi connectivity index (χ4v) is 1.55. The van der Waals surface area contributed by atoms with E-state index in [4.69, 9.17) is 0 Å². The van der Waals surface area contributed by atoms with Crippen molar-refractivity contribution in [3.8, 4) is 0 Å². The van der Waals surface area contributed by atoms with Gasteiger partial charge in [-0.3, -0.25) is 0 Å². The van der Waals surface area contributed by atoms with Crippen molar-refractivity contribution in [2.75, 3.05) is 0 Å². The van der Waals surface area contributed by atoms with Gasteiger partial charge in [-0.15, -0.1) is 0 Å². The number of hydrogen-bond acceptors (Lipinski definition) is 1. The van der Waals surface area contributed by atoms with Crippen molar-refractivity contribution in [2.45, 2.75) is 20.8 Å². The molecule has 1 rings (SSSR count). The molecule has 0 aliphatic carbocycles. The highest BCUT2D eigenvalue weighted by Gasteiger charge is 2.03. The van der Waals surface area contributed by atoms with Crippen molar-refractivity contribution >= 4 is 11.3 Å². The lowest BCUT2D eigenvalue weighted by molar-refractivity contribution is -0.389. The van der Waals surface area contributed by atoms with Crippen LogP contribution in [0.25, 0.3) is 0 Å². The van der Waals surface area contributed by atoms with Crippen molar-refractivity contribution in [2.24, 2.45) is 0 Å². The van der Waals surface area contributed by atoms with Crippen LogP contribution in [0.4, 0.5) is 0 Å². The average Bonchev–Trinajstić information content (AvgIpc) is 1.85. The van der Waals surface area contributed by atoms with E-state index in [1.54, 1.807) is 0 Å². The number of aromatic amines is 1. The van der Waals surface area contributed by atoms with E-state index in [0.29, 0.717) is 0 Å². The minimum atomic E-state index is 0. The molecule has 0 saturated heterocycles. The molecule has 0 amide bonds. The molecule has 0 bridgehead atoms. The Morgan fingerprint density at radius 3 is 1.89 bits per heavy atom. The molecule has 1 nitrogen and oxygen atoms in total. The van der Waals surface area contributed by atoms with Gasteiger partial charge in [0.05, 0.1) is 4.88 Å². The maximum atomic E-state index is 3.23. The van der Waals surface area contributed by atoms with Gasteiger partial charge in [-0.1, -0.05) is 11.3 Å². The first-order chi connectivity index (χ1) is 3.70. The van der Waals surface area contributed by atoms with Crippen LogP contribution in [0.3, 0.4) is 0 Å². The van der Waals surface area contributed by atoms with Gasteiger partial charge in [0.25, 0.3) is 0 Å². The summed E-state index contributed by atoms with van der Waals surface area (Å²) in [4.78, 5) is 4.62. The normalized spacial score (nSPS) is 8.78. The molecule has 1 heterocycles. The Morgan fingerprint density at radius 1 is 1.22 bits per heavy atom. The number of halogens is 1. The van der Waals surface area contributed by atoms with E-state index < -0.39 is 0 Å². The number of rotatable bonds is 0. The van der Waals surface area contributed by atoms with E-state index in [-0.39, 0.29) is 24.0 Å². The van der Waals surface area contributed by atoms with Crippen LogP contribution in [0.1, 0.15) is 15.6 Å². The molecule has 0 aromatic carbocycles. The lowest BCUT2D eigenvalue weighted by Gasteiger charge is -1.70. The predicted octanol–water partition coefficient (Wildman–Crippen LogP) is -1.51. The number of hydrogen-bond donors (Lipinski definition) is 0. The van der Waals surface area contributed by atoms with Crippen molar-refractivity contribution in [3.63, 3.8) is 0 Å². The first kappa shape index (κ1) is 9.36. The first-order valence-electron chi connectivity index (χ1n) is 2.66. The van der Waals surface area contributed by atoms with Crippen LogP contribution in [0, 0.1) is 20.8 Å². The Labute approximate surface area is 76.5 Å². The Morgan fingerprint density at radius 2 is 1.78 bits per heavy atom. The Hall–Kier alpha value is 0.360. The lowest BCUT2D eigenvalue weighted by atomic mass is 10.4. The summed E-state index contributed by atoms with van der Waals surface area (Å²) in [5.74, 6) is 0. The van der Waals surface area contributed by atoms with Gasteiger partial charge >= 0.3 is 0 Å². The molecule has 1 N–H and O–H groups in total. The molecule has 1 aromatic heterocycles. The fraction of sp³-hybridized carbons (Fsp3) is 0.500. The fourth-order valence-electron chi connectivity index (χ4n) is 0.684. The molecule has 1 aromatic rings. The van der Waals surface area contributed by atoms with Gasteiger partial charge < -0.3 is 24.0 Å². The van der Waals surface area contributed by atoms with E-state index in [2.05, 4.69) is 25.8 Å². The number of aryl methyl sites for hydroxylation is 3. The van der Waals surface area contributed by atoms with Gasteiger partial charge in [0, 0.05) is 13.8 Å². The zero-order valence-corrected chi connectivity index (χ0v) is 8.76. The molecular formula is C6H10INS. The van der Waals surface area contributed by atoms with Crippen molar-refractivity contribution in [3.05, 3.63) is 15.6 Å². The van der Waals surface area contributed by atoms with Crippen LogP contribution < -0.4 is 29.0 Å². The third-order valence-electron chi connectivity index (χ3n) is 1.20. The molecular weight excluding hydrogens is 245 g/mol. The quantitative estimate of drug-likeness (QED) is 0.501. The maximum absolute atomic E-state index is 3.23. The topological polar surface area (TPSA) is 14.1 Å². The second-order valence-corrected chi connectivity index (χ2v) is 3.39. The second-order valence-electron chi connectivity index (χ2n) is 1.96. The molecule has 0 atom stereocenters.